The average molecular weight is 469 g/mol. The van der Waals surface area contributed by atoms with Crippen molar-refractivity contribution in [1.29, 1.82) is 0 Å². The summed E-state index contributed by atoms with van der Waals surface area (Å²) in [7, 11) is -3.47. The fourth-order valence-electron chi connectivity index (χ4n) is 3.29. The van der Waals surface area contributed by atoms with Gasteiger partial charge in [-0.1, -0.05) is 18.6 Å². The van der Waals surface area contributed by atoms with Crippen molar-refractivity contribution in [1.82, 2.24) is 9.62 Å². The van der Waals surface area contributed by atoms with Gasteiger partial charge in [0, 0.05) is 32.5 Å². The maximum Gasteiger partial charge on any atom is 0.306 e. The van der Waals surface area contributed by atoms with Crippen LogP contribution in [0.25, 0.3) is 0 Å². The molecule has 1 saturated heterocycles. The SMILES string of the molecule is CCOC(=O)CCCNC(=O)COC(=O)CCc1ccc(S(=O)(=O)N2CCCCC2)cc1. The van der Waals surface area contributed by atoms with E-state index in [-0.39, 0.29) is 30.3 Å². The summed E-state index contributed by atoms with van der Waals surface area (Å²) in [4.78, 5) is 35.0. The number of rotatable bonds is 12. The molecule has 0 bridgehead atoms. The Labute approximate surface area is 189 Å². The maximum absolute atomic E-state index is 12.7. The number of sulfonamides is 1. The third-order valence-corrected chi connectivity index (χ3v) is 6.96. The van der Waals surface area contributed by atoms with Gasteiger partial charge in [0.05, 0.1) is 11.5 Å². The first-order chi connectivity index (χ1) is 15.3. The van der Waals surface area contributed by atoms with Gasteiger partial charge in [0.25, 0.3) is 5.91 Å². The molecule has 0 aliphatic carbocycles. The van der Waals surface area contributed by atoms with Crippen LogP contribution in [-0.2, 0) is 40.3 Å². The van der Waals surface area contributed by atoms with Crippen LogP contribution in [0.15, 0.2) is 29.2 Å². The van der Waals surface area contributed by atoms with Gasteiger partial charge in [-0.2, -0.15) is 4.31 Å². The zero-order valence-electron chi connectivity index (χ0n) is 18.5. The molecule has 0 unspecified atom stereocenters. The van der Waals surface area contributed by atoms with Crippen molar-refractivity contribution < 1.29 is 32.3 Å². The number of nitrogens with zero attached hydrogens (tertiary/aromatic N) is 1. The number of nitrogens with one attached hydrogen (secondary N) is 1. The first-order valence-electron chi connectivity index (χ1n) is 11.0. The lowest BCUT2D eigenvalue weighted by Gasteiger charge is -2.25. The van der Waals surface area contributed by atoms with Crippen molar-refractivity contribution in [2.45, 2.75) is 56.8 Å². The van der Waals surface area contributed by atoms with Crippen LogP contribution >= 0.6 is 0 Å². The lowest BCUT2D eigenvalue weighted by Crippen LogP contribution is -2.35. The van der Waals surface area contributed by atoms with Crippen LogP contribution in [0.4, 0.5) is 0 Å². The number of piperidine rings is 1. The van der Waals surface area contributed by atoms with Crippen LogP contribution in [0.1, 0.15) is 51.0 Å². The fraction of sp³-hybridized carbons (Fsp3) is 0.591. The van der Waals surface area contributed by atoms with Gasteiger partial charge in [0.2, 0.25) is 10.0 Å². The summed E-state index contributed by atoms with van der Waals surface area (Å²) in [5, 5.41) is 2.57. The highest BCUT2D eigenvalue weighted by Gasteiger charge is 2.25. The minimum atomic E-state index is -3.47. The van der Waals surface area contributed by atoms with Crippen LogP contribution in [-0.4, -0.2) is 63.4 Å². The second kappa shape index (κ2) is 13.2. The second-order valence-corrected chi connectivity index (χ2v) is 9.47. The predicted molar refractivity (Wildman–Crippen MR) is 117 cm³/mol. The normalized spacial score (nSPS) is 14.5. The largest absolute Gasteiger partial charge is 0.466 e. The van der Waals surface area contributed by atoms with Gasteiger partial charge in [-0.25, -0.2) is 8.42 Å². The van der Waals surface area contributed by atoms with Crippen molar-refractivity contribution in [3.8, 4) is 0 Å². The number of hydrogen-bond donors (Lipinski definition) is 1. The molecule has 0 radical (unpaired) electrons. The number of esters is 2. The van der Waals surface area contributed by atoms with E-state index in [0.717, 1.165) is 24.8 Å². The van der Waals surface area contributed by atoms with Gasteiger partial charge < -0.3 is 14.8 Å². The fourth-order valence-corrected chi connectivity index (χ4v) is 4.81. The molecule has 1 N–H and O–H groups in total. The zero-order valence-corrected chi connectivity index (χ0v) is 19.3. The van der Waals surface area contributed by atoms with Gasteiger partial charge in [0.1, 0.15) is 0 Å². The summed E-state index contributed by atoms with van der Waals surface area (Å²) < 4.78 is 36.6. The van der Waals surface area contributed by atoms with E-state index in [0.29, 0.717) is 39.1 Å². The zero-order chi connectivity index (χ0) is 23.4. The molecule has 1 aliphatic rings. The minimum Gasteiger partial charge on any atom is -0.466 e. The van der Waals surface area contributed by atoms with Crippen molar-refractivity contribution in [3.63, 3.8) is 0 Å². The Kier molecular flexibility index (Phi) is 10.6. The molecule has 1 amide bonds. The molecule has 1 aliphatic heterocycles. The Morgan fingerprint density at radius 1 is 0.969 bits per heavy atom. The number of carbonyl (C=O) groups is 3. The number of hydrogen-bond acceptors (Lipinski definition) is 7. The monoisotopic (exact) mass is 468 g/mol. The molecule has 0 saturated carbocycles. The Morgan fingerprint density at radius 2 is 1.62 bits per heavy atom. The predicted octanol–water partition coefficient (Wildman–Crippen LogP) is 1.80. The van der Waals surface area contributed by atoms with Crippen LogP contribution in [0.3, 0.4) is 0 Å². The Morgan fingerprint density at radius 3 is 2.28 bits per heavy atom. The van der Waals surface area contributed by atoms with Gasteiger partial charge >= 0.3 is 11.9 Å². The van der Waals surface area contributed by atoms with E-state index in [2.05, 4.69) is 5.32 Å². The molecule has 9 nitrogen and oxygen atoms in total. The number of carbonyl (C=O) groups excluding carboxylic acids is 3. The van der Waals surface area contributed by atoms with Crippen LogP contribution in [0.5, 0.6) is 0 Å². The first kappa shape index (κ1) is 25.8. The van der Waals surface area contributed by atoms with E-state index in [1.54, 1.807) is 31.2 Å². The van der Waals surface area contributed by atoms with Gasteiger partial charge in [0.15, 0.2) is 6.61 Å². The Hall–Kier alpha value is -2.46. The van der Waals surface area contributed by atoms with E-state index in [1.807, 2.05) is 0 Å². The van der Waals surface area contributed by atoms with E-state index < -0.39 is 21.9 Å². The molecule has 1 fully saturated rings. The van der Waals surface area contributed by atoms with E-state index in [1.165, 1.54) is 4.31 Å². The van der Waals surface area contributed by atoms with Crippen molar-refractivity contribution in [2.24, 2.45) is 0 Å². The molecule has 178 valence electrons. The average Bonchev–Trinajstić information content (AvgIpc) is 2.80. The smallest absolute Gasteiger partial charge is 0.306 e. The standard InChI is InChI=1S/C22H32N2O7S/c1-2-30-21(26)7-6-14-23-20(25)17-31-22(27)13-10-18-8-11-19(12-9-18)32(28,29)24-15-4-3-5-16-24/h8-9,11-12H,2-7,10,13-17H2,1H3,(H,23,25). The van der Waals surface area contributed by atoms with Gasteiger partial charge in [-0.3, -0.25) is 14.4 Å². The summed E-state index contributed by atoms with van der Waals surface area (Å²) in [6.45, 7) is 3.06. The second-order valence-electron chi connectivity index (χ2n) is 7.53. The van der Waals surface area contributed by atoms with Crippen LogP contribution < -0.4 is 5.32 Å². The van der Waals surface area contributed by atoms with Crippen LogP contribution in [0.2, 0.25) is 0 Å². The molecular formula is C22H32N2O7S. The lowest BCUT2D eigenvalue weighted by atomic mass is 10.1. The van der Waals surface area contributed by atoms with Crippen molar-refractivity contribution in [3.05, 3.63) is 29.8 Å². The molecule has 1 heterocycles. The summed E-state index contributed by atoms with van der Waals surface area (Å²) in [6.07, 6.45) is 3.93. The number of ether oxygens (including phenoxy) is 2. The molecular weight excluding hydrogens is 436 g/mol. The highest BCUT2D eigenvalue weighted by Crippen LogP contribution is 2.21. The molecule has 1 aromatic carbocycles. The molecule has 1 aromatic rings. The summed E-state index contributed by atoms with van der Waals surface area (Å²) in [6, 6.07) is 6.52. The molecule has 2 rings (SSSR count). The third kappa shape index (κ3) is 8.58. The maximum atomic E-state index is 12.7. The number of aryl methyl sites for hydroxylation is 1. The van der Waals surface area contributed by atoms with E-state index >= 15 is 0 Å². The van der Waals surface area contributed by atoms with E-state index in [4.69, 9.17) is 9.47 Å². The number of benzene rings is 1. The van der Waals surface area contributed by atoms with Crippen molar-refractivity contribution in [2.75, 3.05) is 32.8 Å². The molecule has 0 atom stereocenters. The van der Waals surface area contributed by atoms with Gasteiger partial charge in [-0.15, -0.1) is 0 Å². The first-order valence-corrected chi connectivity index (χ1v) is 12.4. The lowest BCUT2D eigenvalue weighted by molar-refractivity contribution is -0.148. The van der Waals surface area contributed by atoms with Gasteiger partial charge in [-0.05, 0) is 50.3 Å². The third-order valence-electron chi connectivity index (χ3n) is 5.04. The molecule has 10 heteroatoms. The van der Waals surface area contributed by atoms with E-state index in [9.17, 15) is 22.8 Å². The Balaban J connectivity index is 1.67. The topological polar surface area (TPSA) is 119 Å². The summed E-state index contributed by atoms with van der Waals surface area (Å²) in [5.41, 5.74) is 0.808. The van der Waals surface area contributed by atoms with Crippen LogP contribution in [0, 0.1) is 0 Å². The quantitative estimate of drug-likeness (QED) is 0.367. The molecule has 0 spiro atoms. The number of amides is 1. The minimum absolute atomic E-state index is 0.0777. The highest BCUT2D eigenvalue weighted by molar-refractivity contribution is 7.89. The summed E-state index contributed by atoms with van der Waals surface area (Å²) in [5.74, 6) is -1.27. The highest BCUT2D eigenvalue weighted by atomic mass is 32.2. The Bertz CT molecular complexity index is 863. The molecule has 0 aromatic heterocycles. The van der Waals surface area contributed by atoms with Crippen molar-refractivity contribution >= 4 is 27.9 Å². The summed E-state index contributed by atoms with van der Waals surface area (Å²) >= 11 is 0. The molecule has 32 heavy (non-hydrogen) atoms.